The molecule has 1 aliphatic rings. The van der Waals surface area contributed by atoms with Gasteiger partial charge >= 0.3 is 0 Å². The number of ether oxygens (including phenoxy) is 2. The quantitative estimate of drug-likeness (QED) is 0.627. The first-order chi connectivity index (χ1) is 7.83. The van der Waals surface area contributed by atoms with Gasteiger partial charge in [0.2, 0.25) is 0 Å². The summed E-state index contributed by atoms with van der Waals surface area (Å²) in [7, 11) is 0. The Hall–Kier alpha value is -1.06. The molecule has 0 aliphatic heterocycles. The van der Waals surface area contributed by atoms with Gasteiger partial charge in [0.05, 0.1) is 0 Å². The SMILES string of the molecule is CCOCOc1cccc2c1CCCC2N. The predicted octanol–water partition coefficient (Wildman–Crippen LogP) is 2.40. The molecule has 1 aromatic carbocycles. The third-order valence-electron chi connectivity index (χ3n) is 3.01. The van der Waals surface area contributed by atoms with E-state index in [-0.39, 0.29) is 6.04 Å². The maximum atomic E-state index is 6.08. The summed E-state index contributed by atoms with van der Waals surface area (Å²) in [5, 5.41) is 0. The molecular weight excluding hydrogens is 202 g/mol. The number of benzene rings is 1. The van der Waals surface area contributed by atoms with Crippen LogP contribution in [0.5, 0.6) is 5.75 Å². The molecule has 0 amide bonds. The van der Waals surface area contributed by atoms with Gasteiger partial charge in [0.1, 0.15) is 5.75 Å². The highest BCUT2D eigenvalue weighted by Gasteiger charge is 2.19. The Labute approximate surface area is 96.5 Å². The van der Waals surface area contributed by atoms with E-state index in [0.29, 0.717) is 13.4 Å². The molecular formula is C13H19NO2. The van der Waals surface area contributed by atoms with Gasteiger partial charge in [0.15, 0.2) is 6.79 Å². The first-order valence-electron chi connectivity index (χ1n) is 5.91. The molecule has 0 heterocycles. The van der Waals surface area contributed by atoms with Crippen LogP contribution in [0.15, 0.2) is 18.2 Å². The Balaban J connectivity index is 2.15. The van der Waals surface area contributed by atoms with Gasteiger partial charge in [-0.2, -0.15) is 0 Å². The lowest BCUT2D eigenvalue weighted by molar-refractivity contribution is 0.0217. The van der Waals surface area contributed by atoms with Crippen LogP contribution < -0.4 is 10.5 Å². The van der Waals surface area contributed by atoms with Crippen LogP contribution in [0.25, 0.3) is 0 Å². The Kier molecular flexibility index (Phi) is 3.80. The summed E-state index contributed by atoms with van der Waals surface area (Å²) in [4.78, 5) is 0. The van der Waals surface area contributed by atoms with Crippen LogP contribution in [0.1, 0.15) is 36.9 Å². The summed E-state index contributed by atoms with van der Waals surface area (Å²) >= 11 is 0. The second kappa shape index (κ2) is 5.32. The van der Waals surface area contributed by atoms with Crippen LogP contribution in [0.2, 0.25) is 0 Å². The van der Waals surface area contributed by atoms with Crippen molar-refractivity contribution in [1.82, 2.24) is 0 Å². The van der Waals surface area contributed by atoms with Gasteiger partial charge in [0.25, 0.3) is 0 Å². The fourth-order valence-corrected chi connectivity index (χ4v) is 2.18. The number of nitrogens with two attached hydrogens (primary N) is 1. The lowest BCUT2D eigenvalue weighted by Gasteiger charge is -2.24. The summed E-state index contributed by atoms with van der Waals surface area (Å²) < 4.78 is 10.8. The smallest absolute Gasteiger partial charge is 0.189 e. The summed E-state index contributed by atoms with van der Waals surface area (Å²) in [5.74, 6) is 0.932. The van der Waals surface area contributed by atoms with E-state index in [0.717, 1.165) is 25.0 Å². The van der Waals surface area contributed by atoms with Crippen molar-refractivity contribution in [3.8, 4) is 5.75 Å². The van der Waals surface area contributed by atoms with Gasteiger partial charge in [-0.1, -0.05) is 12.1 Å². The first-order valence-corrected chi connectivity index (χ1v) is 5.91. The van der Waals surface area contributed by atoms with Crippen molar-refractivity contribution >= 4 is 0 Å². The predicted molar refractivity (Wildman–Crippen MR) is 63.4 cm³/mol. The second-order valence-corrected chi connectivity index (χ2v) is 4.08. The zero-order valence-corrected chi connectivity index (χ0v) is 9.74. The molecule has 0 spiro atoms. The van der Waals surface area contributed by atoms with Crippen LogP contribution in [-0.2, 0) is 11.2 Å². The summed E-state index contributed by atoms with van der Waals surface area (Å²) in [5.41, 5.74) is 8.58. The normalized spacial score (nSPS) is 19.2. The lowest BCUT2D eigenvalue weighted by atomic mass is 9.88. The van der Waals surface area contributed by atoms with E-state index in [1.165, 1.54) is 11.1 Å². The molecule has 1 aromatic rings. The van der Waals surface area contributed by atoms with Gasteiger partial charge < -0.3 is 15.2 Å². The fourth-order valence-electron chi connectivity index (χ4n) is 2.18. The van der Waals surface area contributed by atoms with E-state index < -0.39 is 0 Å². The topological polar surface area (TPSA) is 44.5 Å². The highest BCUT2D eigenvalue weighted by molar-refractivity contribution is 5.43. The van der Waals surface area contributed by atoms with Crippen molar-refractivity contribution in [2.75, 3.05) is 13.4 Å². The minimum Gasteiger partial charge on any atom is -0.467 e. The number of rotatable bonds is 4. The standard InChI is InChI=1S/C13H19NO2/c1-2-15-9-16-13-8-4-5-10-11(13)6-3-7-12(10)14/h4-5,8,12H,2-3,6-7,9,14H2,1H3. The van der Waals surface area contributed by atoms with Gasteiger partial charge in [-0.15, -0.1) is 0 Å². The Morgan fingerprint density at radius 3 is 3.12 bits per heavy atom. The van der Waals surface area contributed by atoms with E-state index in [1.54, 1.807) is 0 Å². The average molecular weight is 221 g/mol. The van der Waals surface area contributed by atoms with Crippen LogP contribution >= 0.6 is 0 Å². The summed E-state index contributed by atoms with van der Waals surface area (Å²) in [6.07, 6.45) is 3.27. The van der Waals surface area contributed by atoms with E-state index in [1.807, 2.05) is 19.1 Å². The van der Waals surface area contributed by atoms with Gasteiger partial charge in [-0.3, -0.25) is 0 Å². The molecule has 0 aromatic heterocycles. The third kappa shape index (κ3) is 2.36. The maximum absolute atomic E-state index is 6.08. The minimum absolute atomic E-state index is 0.166. The first kappa shape index (κ1) is 11.4. The second-order valence-electron chi connectivity index (χ2n) is 4.08. The van der Waals surface area contributed by atoms with Crippen molar-refractivity contribution in [3.63, 3.8) is 0 Å². The average Bonchev–Trinajstić information content (AvgIpc) is 2.31. The molecule has 1 unspecified atom stereocenters. The number of hydrogen-bond acceptors (Lipinski definition) is 3. The molecule has 0 bridgehead atoms. The monoisotopic (exact) mass is 221 g/mol. The Bertz CT molecular complexity index is 352. The zero-order valence-electron chi connectivity index (χ0n) is 9.74. The highest BCUT2D eigenvalue weighted by Crippen LogP contribution is 2.33. The van der Waals surface area contributed by atoms with Gasteiger partial charge in [-0.25, -0.2) is 0 Å². The molecule has 0 saturated carbocycles. The maximum Gasteiger partial charge on any atom is 0.189 e. The molecule has 1 aliphatic carbocycles. The van der Waals surface area contributed by atoms with Crippen molar-refractivity contribution in [2.45, 2.75) is 32.2 Å². The van der Waals surface area contributed by atoms with Crippen LogP contribution in [0, 0.1) is 0 Å². The minimum atomic E-state index is 0.166. The molecule has 0 radical (unpaired) electrons. The van der Waals surface area contributed by atoms with Crippen LogP contribution in [0.4, 0.5) is 0 Å². The zero-order chi connectivity index (χ0) is 11.4. The fraction of sp³-hybridized carbons (Fsp3) is 0.538. The van der Waals surface area contributed by atoms with Crippen molar-refractivity contribution in [3.05, 3.63) is 29.3 Å². The van der Waals surface area contributed by atoms with Crippen LogP contribution in [-0.4, -0.2) is 13.4 Å². The van der Waals surface area contributed by atoms with E-state index in [2.05, 4.69) is 6.07 Å². The Morgan fingerprint density at radius 2 is 2.31 bits per heavy atom. The molecule has 0 fully saturated rings. The van der Waals surface area contributed by atoms with Crippen molar-refractivity contribution < 1.29 is 9.47 Å². The van der Waals surface area contributed by atoms with Gasteiger partial charge in [-0.05, 0) is 43.4 Å². The van der Waals surface area contributed by atoms with Crippen molar-refractivity contribution in [2.24, 2.45) is 5.73 Å². The molecule has 0 saturated heterocycles. The van der Waals surface area contributed by atoms with Crippen molar-refractivity contribution in [1.29, 1.82) is 0 Å². The molecule has 1 atom stereocenters. The molecule has 2 rings (SSSR count). The third-order valence-corrected chi connectivity index (χ3v) is 3.01. The number of hydrogen-bond donors (Lipinski definition) is 1. The molecule has 2 N–H and O–H groups in total. The van der Waals surface area contributed by atoms with Crippen LogP contribution in [0.3, 0.4) is 0 Å². The largest absolute Gasteiger partial charge is 0.467 e. The molecule has 16 heavy (non-hydrogen) atoms. The summed E-state index contributed by atoms with van der Waals surface area (Å²) in [6.45, 7) is 2.95. The van der Waals surface area contributed by atoms with E-state index in [4.69, 9.17) is 15.2 Å². The molecule has 88 valence electrons. The highest BCUT2D eigenvalue weighted by atomic mass is 16.7. The Morgan fingerprint density at radius 1 is 1.44 bits per heavy atom. The summed E-state index contributed by atoms with van der Waals surface area (Å²) in [6, 6.07) is 6.27. The van der Waals surface area contributed by atoms with E-state index in [9.17, 15) is 0 Å². The van der Waals surface area contributed by atoms with E-state index >= 15 is 0 Å². The molecule has 3 heteroatoms. The molecule has 3 nitrogen and oxygen atoms in total. The lowest BCUT2D eigenvalue weighted by Crippen LogP contribution is -2.18. The van der Waals surface area contributed by atoms with Gasteiger partial charge in [0, 0.05) is 12.6 Å². The number of fused-ring (bicyclic) bond motifs is 1.